The predicted molar refractivity (Wildman–Crippen MR) is 60.8 cm³/mol. The van der Waals surface area contributed by atoms with Crippen molar-refractivity contribution < 1.29 is 27.1 Å². The SMILES string of the molecule is CCOC(=O)/C=C(\Nc1ccc(F)cc1)C(F)(F)F. The maximum absolute atomic E-state index is 12.7. The van der Waals surface area contributed by atoms with E-state index in [4.69, 9.17) is 0 Å². The summed E-state index contributed by atoms with van der Waals surface area (Å²) in [6, 6.07) is 4.25. The van der Waals surface area contributed by atoms with Crippen LogP contribution in [-0.2, 0) is 9.53 Å². The topological polar surface area (TPSA) is 38.3 Å². The minimum atomic E-state index is -4.75. The third-order valence-electron chi connectivity index (χ3n) is 1.98. The van der Waals surface area contributed by atoms with Crippen LogP contribution in [0.15, 0.2) is 36.0 Å². The van der Waals surface area contributed by atoms with Crippen molar-refractivity contribution in [2.45, 2.75) is 13.1 Å². The van der Waals surface area contributed by atoms with Crippen molar-refractivity contribution in [2.75, 3.05) is 11.9 Å². The maximum Gasteiger partial charge on any atom is 0.431 e. The second-order valence-corrected chi connectivity index (χ2v) is 3.44. The van der Waals surface area contributed by atoms with E-state index in [1.807, 2.05) is 5.32 Å². The number of hydrogen-bond acceptors (Lipinski definition) is 3. The molecule has 7 heteroatoms. The van der Waals surface area contributed by atoms with Gasteiger partial charge in [-0.1, -0.05) is 0 Å². The number of carbonyl (C=O) groups is 1. The molecule has 0 saturated carbocycles. The van der Waals surface area contributed by atoms with Gasteiger partial charge in [0.25, 0.3) is 0 Å². The molecule has 1 rings (SSSR count). The van der Waals surface area contributed by atoms with Crippen molar-refractivity contribution in [3.05, 3.63) is 41.9 Å². The number of alkyl halides is 3. The molecule has 1 N–H and O–H groups in total. The van der Waals surface area contributed by atoms with Crippen molar-refractivity contribution in [1.82, 2.24) is 0 Å². The van der Waals surface area contributed by atoms with Gasteiger partial charge in [0.1, 0.15) is 11.5 Å². The van der Waals surface area contributed by atoms with E-state index in [9.17, 15) is 22.4 Å². The molecule has 0 unspecified atom stereocenters. The quantitative estimate of drug-likeness (QED) is 0.521. The fourth-order valence-electron chi connectivity index (χ4n) is 1.18. The van der Waals surface area contributed by atoms with Crippen LogP contribution in [0.4, 0.5) is 23.2 Å². The summed E-state index contributed by atoms with van der Waals surface area (Å²) in [5.41, 5.74) is -1.27. The number of benzene rings is 1. The number of esters is 1. The molecule has 0 aliphatic carbocycles. The third kappa shape index (κ3) is 4.99. The van der Waals surface area contributed by atoms with E-state index in [0.717, 1.165) is 24.3 Å². The lowest BCUT2D eigenvalue weighted by Crippen LogP contribution is -2.21. The lowest BCUT2D eigenvalue weighted by Gasteiger charge is -2.14. The van der Waals surface area contributed by atoms with Gasteiger partial charge in [-0.3, -0.25) is 0 Å². The molecule has 0 saturated heterocycles. The molecule has 0 spiro atoms. The van der Waals surface area contributed by atoms with Crippen LogP contribution >= 0.6 is 0 Å². The van der Waals surface area contributed by atoms with Gasteiger partial charge in [0.15, 0.2) is 0 Å². The first-order chi connectivity index (χ1) is 8.82. The second kappa shape index (κ2) is 6.21. The predicted octanol–water partition coefficient (Wildman–Crippen LogP) is 3.25. The molecule has 1 aromatic carbocycles. The van der Waals surface area contributed by atoms with Crippen LogP contribution in [0.3, 0.4) is 0 Å². The smallest absolute Gasteiger partial charge is 0.431 e. The number of rotatable bonds is 4. The summed E-state index contributed by atoms with van der Waals surface area (Å²) in [4.78, 5) is 11.0. The molecule has 0 aliphatic rings. The molecule has 0 atom stereocenters. The summed E-state index contributed by atoms with van der Waals surface area (Å²) in [6.45, 7) is 1.45. The summed E-state index contributed by atoms with van der Waals surface area (Å²) in [7, 11) is 0. The Morgan fingerprint density at radius 3 is 2.37 bits per heavy atom. The van der Waals surface area contributed by atoms with E-state index in [2.05, 4.69) is 4.74 Å². The number of ether oxygens (including phenoxy) is 1. The molecule has 0 amide bonds. The number of nitrogens with one attached hydrogen (secondary N) is 1. The van der Waals surface area contributed by atoms with Crippen LogP contribution in [0.25, 0.3) is 0 Å². The molecule has 0 aliphatic heterocycles. The Balaban J connectivity index is 2.93. The minimum Gasteiger partial charge on any atom is -0.463 e. The van der Waals surface area contributed by atoms with E-state index >= 15 is 0 Å². The van der Waals surface area contributed by atoms with Crippen LogP contribution in [0, 0.1) is 5.82 Å². The average molecular weight is 277 g/mol. The van der Waals surface area contributed by atoms with Crippen LogP contribution in [0.5, 0.6) is 0 Å². The van der Waals surface area contributed by atoms with Crippen LogP contribution in [-0.4, -0.2) is 18.8 Å². The van der Waals surface area contributed by atoms with Crippen molar-refractivity contribution in [1.29, 1.82) is 0 Å². The van der Waals surface area contributed by atoms with E-state index in [0.29, 0.717) is 6.08 Å². The van der Waals surface area contributed by atoms with Crippen molar-refractivity contribution >= 4 is 11.7 Å². The minimum absolute atomic E-state index is 0.00859. The Bertz CT molecular complexity index is 466. The molecule has 104 valence electrons. The molecule has 0 heterocycles. The van der Waals surface area contributed by atoms with Gasteiger partial charge in [0.2, 0.25) is 0 Å². The number of halogens is 4. The molecular formula is C12H11F4NO2. The Labute approximate surface area is 106 Å². The standard InChI is InChI=1S/C12H11F4NO2/c1-2-19-11(18)7-10(12(14,15)16)17-9-5-3-8(13)4-6-9/h3-7,17H,2H2,1H3/b10-7-. The van der Waals surface area contributed by atoms with E-state index in [-0.39, 0.29) is 12.3 Å². The third-order valence-corrected chi connectivity index (χ3v) is 1.98. The van der Waals surface area contributed by atoms with Gasteiger partial charge in [-0.05, 0) is 31.2 Å². The van der Waals surface area contributed by atoms with Gasteiger partial charge < -0.3 is 10.1 Å². The van der Waals surface area contributed by atoms with Crippen LogP contribution in [0.1, 0.15) is 6.92 Å². The monoisotopic (exact) mass is 277 g/mol. The van der Waals surface area contributed by atoms with Crippen molar-refractivity contribution in [3.8, 4) is 0 Å². The highest BCUT2D eigenvalue weighted by Crippen LogP contribution is 2.27. The lowest BCUT2D eigenvalue weighted by atomic mass is 10.3. The molecule has 3 nitrogen and oxygen atoms in total. The first kappa shape index (κ1) is 15.0. The summed E-state index contributed by atoms with van der Waals surface area (Å²) in [6.07, 6.45) is -4.44. The van der Waals surface area contributed by atoms with Crippen molar-refractivity contribution in [3.63, 3.8) is 0 Å². The Morgan fingerprint density at radius 1 is 1.32 bits per heavy atom. The maximum atomic E-state index is 12.7. The summed E-state index contributed by atoms with van der Waals surface area (Å²) in [5, 5.41) is 2.00. The van der Waals surface area contributed by atoms with Crippen LogP contribution < -0.4 is 5.32 Å². The number of anilines is 1. The van der Waals surface area contributed by atoms with Crippen molar-refractivity contribution in [2.24, 2.45) is 0 Å². The number of hydrogen-bond donors (Lipinski definition) is 1. The molecule has 1 aromatic rings. The van der Waals surface area contributed by atoms with E-state index < -0.39 is 23.7 Å². The number of allylic oxidation sites excluding steroid dienone is 1. The van der Waals surface area contributed by atoms with Gasteiger partial charge in [0, 0.05) is 5.69 Å². The highest BCUT2D eigenvalue weighted by Gasteiger charge is 2.35. The van der Waals surface area contributed by atoms with Gasteiger partial charge in [0.05, 0.1) is 12.7 Å². The molecular weight excluding hydrogens is 266 g/mol. The lowest BCUT2D eigenvalue weighted by molar-refractivity contribution is -0.138. The molecule has 19 heavy (non-hydrogen) atoms. The van der Waals surface area contributed by atoms with Crippen LogP contribution in [0.2, 0.25) is 0 Å². The van der Waals surface area contributed by atoms with E-state index in [1.54, 1.807) is 0 Å². The Morgan fingerprint density at radius 2 is 1.89 bits per heavy atom. The molecule has 0 bridgehead atoms. The summed E-state index contributed by atoms with van der Waals surface area (Å²) < 4.78 is 55.1. The highest BCUT2D eigenvalue weighted by atomic mass is 19.4. The van der Waals surface area contributed by atoms with Gasteiger partial charge >= 0.3 is 12.1 Å². The highest BCUT2D eigenvalue weighted by molar-refractivity contribution is 5.83. The van der Waals surface area contributed by atoms with Gasteiger partial charge in [-0.25, -0.2) is 9.18 Å². The van der Waals surface area contributed by atoms with Gasteiger partial charge in [-0.2, -0.15) is 13.2 Å². The summed E-state index contributed by atoms with van der Waals surface area (Å²) in [5.74, 6) is -1.68. The second-order valence-electron chi connectivity index (χ2n) is 3.44. The normalized spacial score (nSPS) is 12.2. The molecule has 0 fully saturated rings. The number of carbonyl (C=O) groups excluding carboxylic acids is 1. The fraction of sp³-hybridized carbons (Fsp3) is 0.250. The molecule has 0 aromatic heterocycles. The first-order valence-corrected chi connectivity index (χ1v) is 5.31. The zero-order valence-electron chi connectivity index (χ0n) is 9.92. The first-order valence-electron chi connectivity index (χ1n) is 5.31. The zero-order chi connectivity index (χ0) is 14.5. The Hall–Kier alpha value is -2.05. The Kier molecular flexibility index (Phi) is 4.91. The fourth-order valence-corrected chi connectivity index (χ4v) is 1.18. The largest absolute Gasteiger partial charge is 0.463 e. The zero-order valence-corrected chi connectivity index (χ0v) is 9.92. The van der Waals surface area contributed by atoms with Gasteiger partial charge in [-0.15, -0.1) is 0 Å². The van der Waals surface area contributed by atoms with E-state index in [1.165, 1.54) is 6.92 Å². The average Bonchev–Trinajstić information content (AvgIpc) is 2.30. The molecule has 0 radical (unpaired) electrons. The summed E-state index contributed by atoms with van der Waals surface area (Å²) >= 11 is 0.